The number of nitrogens with zero attached hydrogens (tertiary/aromatic N) is 3. The highest BCUT2D eigenvalue weighted by Crippen LogP contribution is 2.43. The van der Waals surface area contributed by atoms with Crippen LogP contribution in [0.15, 0.2) is 83.4 Å². The lowest BCUT2D eigenvalue weighted by molar-refractivity contribution is 0.0696. The van der Waals surface area contributed by atoms with Gasteiger partial charge in [-0.2, -0.15) is 0 Å². The monoisotopic (exact) mass is 570 g/mol. The van der Waals surface area contributed by atoms with Gasteiger partial charge in [-0.3, -0.25) is 4.98 Å². The molecular weight excluding hydrogens is 544 g/mol. The number of pyridine rings is 1. The van der Waals surface area contributed by atoms with E-state index < -0.39 is 18.0 Å². The van der Waals surface area contributed by atoms with E-state index in [2.05, 4.69) is 27.3 Å². The number of carbonyl (C=O) groups is 2. The Hall–Kier alpha value is -4.74. The summed E-state index contributed by atoms with van der Waals surface area (Å²) in [5.74, 6) is -1.56. The Bertz CT molecular complexity index is 1570. The maximum atomic E-state index is 11.7. The highest BCUT2D eigenvalue weighted by Gasteiger charge is 2.42. The number of benzene rings is 2. The molecule has 2 aliphatic rings. The van der Waals surface area contributed by atoms with Crippen LogP contribution in [0.25, 0.3) is 11.3 Å². The maximum Gasteiger partial charge on any atom is 0.335 e. The molecule has 208 valence electrons. The van der Waals surface area contributed by atoms with Crippen molar-refractivity contribution < 1.29 is 29.0 Å². The van der Waals surface area contributed by atoms with Gasteiger partial charge in [-0.1, -0.05) is 6.07 Å². The average molecular weight is 571 g/mol. The Morgan fingerprint density at radius 2 is 1.59 bits per heavy atom. The molecule has 11 heteroatoms. The lowest BCUT2D eigenvalue weighted by atomic mass is 10.0. The number of ether oxygens (including phenoxy) is 1. The molecule has 0 bridgehead atoms. The third kappa shape index (κ3) is 5.24. The normalized spacial score (nSPS) is 18.8. The summed E-state index contributed by atoms with van der Waals surface area (Å²) in [4.78, 5) is 32.2. The van der Waals surface area contributed by atoms with E-state index >= 15 is 0 Å². The molecular formula is C30H26N4O6S. The number of furan rings is 1. The Morgan fingerprint density at radius 3 is 2.22 bits per heavy atom. The molecule has 0 aliphatic carbocycles. The number of hydrogen-bond acceptors (Lipinski definition) is 7. The van der Waals surface area contributed by atoms with Crippen LogP contribution in [-0.4, -0.2) is 58.6 Å². The fraction of sp³-hybridized carbons (Fsp3) is 0.200. The number of aromatic nitrogens is 1. The second-order valence-corrected chi connectivity index (χ2v) is 10.1. The zero-order valence-corrected chi connectivity index (χ0v) is 22.6. The van der Waals surface area contributed by atoms with Crippen molar-refractivity contribution >= 4 is 40.6 Å². The zero-order valence-electron chi connectivity index (χ0n) is 21.8. The van der Waals surface area contributed by atoms with Gasteiger partial charge in [0, 0.05) is 36.2 Å². The van der Waals surface area contributed by atoms with Crippen LogP contribution in [-0.2, 0) is 4.74 Å². The van der Waals surface area contributed by atoms with Crippen LogP contribution < -0.4 is 15.1 Å². The van der Waals surface area contributed by atoms with E-state index in [9.17, 15) is 19.8 Å². The van der Waals surface area contributed by atoms with Crippen molar-refractivity contribution in [1.82, 2.24) is 10.3 Å². The molecule has 2 aromatic carbocycles. The van der Waals surface area contributed by atoms with Crippen molar-refractivity contribution in [3.8, 4) is 11.3 Å². The first kappa shape index (κ1) is 26.5. The van der Waals surface area contributed by atoms with Crippen LogP contribution in [0.1, 0.15) is 44.3 Å². The molecule has 0 spiro atoms. The number of thiocarbonyl (C=S) groups is 1. The lowest BCUT2D eigenvalue weighted by Gasteiger charge is -2.30. The number of aromatic carboxylic acids is 2. The molecule has 6 rings (SSSR count). The molecule has 4 heterocycles. The van der Waals surface area contributed by atoms with Gasteiger partial charge < -0.3 is 34.5 Å². The number of carboxylic acids is 2. The number of carboxylic acid groups (broad SMARTS) is 2. The molecule has 0 saturated carbocycles. The first-order chi connectivity index (χ1) is 19.9. The summed E-state index contributed by atoms with van der Waals surface area (Å²) in [6, 6.07) is 20.5. The van der Waals surface area contributed by atoms with Crippen molar-refractivity contribution in [3.63, 3.8) is 0 Å². The molecule has 0 amide bonds. The SMILES string of the molecule is O=C(O)c1cc(C(=O)O)cc(-c2ccc(C3C(c4ccccn4)NC(=S)N3c3ccc(N4CCOCC4)cc3)o2)c1. The Kier molecular flexibility index (Phi) is 7.12. The quantitative estimate of drug-likeness (QED) is 0.266. The van der Waals surface area contributed by atoms with Gasteiger partial charge in [0.1, 0.15) is 17.6 Å². The van der Waals surface area contributed by atoms with Gasteiger partial charge >= 0.3 is 11.9 Å². The Labute approximate surface area is 240 Å². The number of hydrogen-bond donors (Lipinski definition) is 3. The van der Waals surface area contributed by atoms with Gasteiger partial charge in [-0.15, -0.1) is 0 Å². The maximum absolute atomic E-state index is 11.7. The zero-order chi connectivity index (χ0) is 28.5. The Balaban J connectivity index is 1.39. The summed E-state index contributed by atoms with van der Waals surface area (Å²) >= 11 is 5.81. The summed E-state index contributed by atoms with van der Waals surface area (Å²) in [5, 5.41) is 22.9. The van der Waals surface area contributed by atoms with Gasteiger partial charge in [-0.05, 0) is 78.9 Å². The average Bonchev–Trinajstić information content (AvgIpc) is 3.62. The predicted molar refractivity (Wildman–Crippen MR) is 155 cm³/mol. The first-order valence-corrected chi connectivity index (χ1v) is 13.4. The van der Waals surface area contributed by atoms with E-state index in [0.717, 1.165) is 36.2 Å². The standard InChI is InChI=1S/C30H26N4O6S/c35-28(36)19-15-18(16-20(17-19)29(37)38)24-8-9-25(40-24)27-26(23-3-1-2-10-31-23)32-30(41)34(27)22-6-4-21(5-7-22)33-11-13-39-14-12-33/h1-10,15-17,26-27H,11-14H2,(H,32,41)(H,35,36)(H,37,38). The second-order valence-electron chi connectivity index (χ2n) is 9.72. The minimum atomic E-state index is -1.23. The fourth-order valence-electron chi connectivity index (χ4n) is 5.25. The smallest absolute Gasteiger partial charge is 0.335 e. The molecule has 2 aliphatic heterocycles. The van der Waals surface area contributed by atoms with Crippen molar-refractivity contribution in [2.24, 2.45) is 0 Å². The highest BCUT2D eigenvalue weighted by atomic mass is 32.1. The third-order valence-electron chi connectivity index (χ3n) is 7.23. The molecule has 0 radical (unpaired) electrons. The summed E-state index contributed by atoms with van der Waals surface area (Å²) in [7, 11) is 0. The number of anilines is 2. The molecule has 2 saturated heterocycles. The first-order valence-electron chi connectivity index (χ1n) is 13.0. The lowest BCUT2D eigenvalue weighted by Crippen LogP contribution is -2.36. The molecule has 10 nitrogen and oxygen atoms in total. The number of rotatable bonds is 7. The van der Waals surface area contributed by atoms with Crippen LogP contribution in [0.2, 0.25) is 0 Å². The van der Waals surface area contributed by atoms with E-state index in [1.54, 1.807) is 18.3 Å². The Morgan fingerprint density at radius 1 is 0.902 bits per heavy atom. The molecule has 2 atom stereocenters. The second kappa shape index (κ2) is 11.0. The largest absolute Gasteiger partial charge is 0.478 e. The van der Waals surface area contributed by atoms with Gasteiger partial charge in [0.05, 0.1) is 36.1 Å². The van der Waals surface area contributed by atoms with Crippen LogP contribution >= 0.6 is 12.2 Å². The summed E-state index contributed by atoms with van der Waals surface area (Å²) in [5.41, 5.74) is 2.79. The highest BCUT2D eigenvalue weighted by molar-refractivity contribution is 7.80. The van der Waals surface area contributed by atoms with Gasteiger partial charge in [-0.25, -0.2) is 9.59 Å². The van der Waals surface area contributed by atoms with Crippen LogP contribution in [0.4, 0.5) is 11.4 Å². The van der Waals surface area contributed by atoms with E-state index in [-0.39, 0.29) is 17.2 Å². The van der Waals surface area contributed by atoms with Gasteiger partial charge in [0.25, 0.3) is 0 Å². The minimum Gasteiger partial charge on any atom is -0.478 e. The van der Waals surface area contributed by atoms with Crippen molar-refractivity contribution in [1.29, 1.82) is 0 Å². The third-order valence-corrected chi connectivity index (χ3v) is 7.55. The number of morpholine rings is 1. The summed E-state index contributed by atoms with van der Waals surface area (Å²) < 4.78 is 11.8. The molecule has 4 aromatic rings. The van der Waals surface area contributed by atoms with Crippen LogP contribution in [0, 0.1) is 0 Å². The van der Waals surface area contributed by atoms with E-state index in [1.165, 1.54) is 12.1 Å². The van der Waals surface area contributed by atoms with Crippen LogP contribution in [0.3, 0.4) is 0 Å². The molecule has 2 aromatic heterocycles. The predicted octanol–water partition coefficient (Wildman–Crippen LogP) is 4.75. The minimum absolute atomic E-state index is 0.144. The molecule has 2 fully saturated rings. The topological polar surface area (TPSA) is 128 Å². The van der Waals surface area contributed by atoms with Crippen molar-refractivity contribution in [2.75, 3.05) is 36.1 Å². The molecule has 41 heavy (non-hydrogen) atoms. The number of nitrogens with one attached hydrogen (secondary N) is 1. The van der Waals surface area contributed by atoms with E-state index in [4.69, 9.17) is 21.4 Å². The molecule has 3 N–H and O–H groups in total. The van der Waals surface area contributed by atoms with E-state index in [1.807, 2.05) is 35.2 Å². The summed E-state index contributed by atoms with van der Waals surface area (Å²) in [6.45, 7) is 3.05. The molecule has 2 unspecified atom stereocenters. The van der Waals surface area contributed by atoms with Crippen molar-refractivity contribution in [2.45, 2.75) is 12.1 Å². The van der Waals surface area contributed by atoms with Gasteiger partial charge in [0.15, 0.2) is 5.11 Å². The van der Waals surface area contributed by atoms with Gasteiger partial charge in [0.2, 0.25) is 0 Å². The van der Waals surface area contributed by atoms with E-state index in [0.29, 0.717) is 35.4 Å². The van der Waals surface area contributed by atoms with Crippen molar-refractivity contribution in [3.05, 3.63) is 102 Å². The summed E-state index contributed by atoms with van der Waals surface area (Å²) in [6.07, 6.45) is 1.72. The fourth-order valence-corrected chi connectivity index (χ4v) is 5.60. The van der Waals surface area contributed by atoms with Crippen LogP contribution in [0.5, 0.6) is 0 Å².